The van der Waals surface area contributed by atoms with Crippen LogP contribution in [0.3, 0.4) is 0 Å². The number of aromatic nitrogens is 1. The van der Waals surface area contributed by atoms with Crippen molar-refractivity contribution in [2.24, 2.45) is 0 Å². The molecule has 1 aromatic rings. The number of rotatable bonds is 3. The molecule has 0 atom stereocenters. The summed E-state index contributed by atoms with van der Waals surface area (Å²) < 4.78 is 0. The van der Waals surface area contributed by atoms with E-state index in [9.17, 15) is 0 Å². The Morgan fingerprint density at radius 3 is 2.88 bits per heavy atom. The van der Waals surface area contributed by atoms with Crippen LogP contribution in [0.4, 0.5) is 5.82 Å². The van der Waals surface area contributed by atoms with Crippen molar-refractivity contribution in [3.8, 4) is 0 Å². The van der Waals surface area contributed by atoms with Crippen LogP contribution < -0.4 is 4.90 Å². The van der Waals surface area contributed by atoms with E-state index in [0.29, 0.717) is 5.15 Å². The van der Waals surface area contributed by atoms with E-state index in [0.717, 1.165) is 45.0 Å². The zero-order chi connectivity index (χ0) is 12.1. The summed E-state index contributed by atoms with van der Waals surface area (Å²) in [6.45, 7) is 4.93. The normalized spacial score (nSPS) is 18.1. The molecule has 0 bridgehead atoms. The Labute approximate surface area is 107 Å². The lowest BCUT2D eigenvalue weighted by Crippen LogP contribution is -2.32. The predicted octanol–water partition coefficient (Wildman–Crippen LogP) is 1.24. The number of aliphatic hydroxyl groups is 1. The van der Waals surface area contributed by atoms with Crippen molar-refractivity contribution in [3.05, 3.63) is 23.4 Å². The van der Waals surface area contributed by atoms with Crippen LogP contribution in [0, 0.1) is 0 Å². The van der Waals surface area contributed by atoms with Crippen LogP contribution in [-0.4, -0.2) is 54.3 Å². The Hall–Kier alpha value is -0.840. The number of anilines is 1. The molecule has 0 saturated carbocycles. The zero-order valence-electron chi connectivity index (χ0n) is 9.85. The van der Waals surface area contributed by atoms with Crippen LogP contribution in [0.2, 0.25) is 5.15 Å². The lowest BCUT2D eigenvalue weighted by Gasteiger charge is -2.22. The fourth-order valence-electron chi connectivity index (χ4n) is 2.14. The molecule has 0 radical (unpaired) electrons. The zero-order valence-corrected chi connectivity index (χ0v) is 10.6. The number of nitrogens with zero attached hydrogens (tertiary/aromatic N) is 3. The molecule has 1 N–H and O–H groups in total. The smallest absolute Gasteiger partial charge is 0.131 e. The van der Waals surface area contributed by atoms with Crippen molar-refractivity contribution in [2.75, 3.05) is 44.2 Å². The van der Waals surface area contributed by atoms with Gasteiger partial charge in [0.05, 0.1) is 6.61 Å². The number of halogens is 1. The van der Waals surface area contributed by atoms with Gasteiger partial charge in [0.15, 0.2) is 0 Å². The van der Waals surface area contributed by atoms with Crippen molar-refractivity contribution in [1.82, 2.24) is 9.88 Å². The first kappa shape index (κ1) is 12.6. The molecule has 2 heterocycles. The summed E-state index contributed by atoms with van der Waals surface area (Å²) in [5.41, 5.74) is 0. The van der Waals surface area contributed by atoms with Crippen molar-refractivity contribution in [1.29, 1.82) is 0 Å². The summed E-state index contributed by atoms with van der Waals surface area (Å²) in [5, 5.41) is 9.49. The molecule has 94 valence electrons. The van der Waals surface area contributed by atoms with Gasteiger partial charge in [-0.1, -0.05) is 17.7 Å². The van der Waals surface area contributed by atoms with Crippen molar-refractivity contribution in [3.63, 3.8) is 0 Å². The maximum absolute atomic E-state index is 8.94. The van der Waals surface area contributed by atoms with Gasteiger partial charge in [-0.2, -0.15) is 0 Å². The lowest BCUT2D eigenvalue weighted by molar-refractivity contribution is 0.204. The summed E-state index contributed by atoms with van der Waals surface area (Å²) in [6.07, 6.45) is 1.09. The highest BCUT2D eigenvalue weighted by atomic mass is 35.5. The summed E-state index contributed by atoms with van der Waals surface area (Å²) in [5.74, 6) is 0.948. The second-order valence-electron chi connectivity index (χ2n) is 4.22. The highest BCUT2D eigenvalue weighted by Crippen LogP contribution is 2.16. The number of hydrogen-bond acceptors (Lipinski definition) is 4. The van der Waals surface area contributed by atoms with Crippen LogP contribution in [0.25, 0.3) is 0 Å². The molecule has 5 heteroatoms. The first-order valence-corrected chi connectivity index (χ1v) is 6.38. The van der Waals surface area contributed by atoms with Crippen molar-refractivity contribution in [2.45, 2.75) is 6.42 Å². The minimum atomic E-state index is 0.232. The van der Waals surface area contributed by atoms with Gasteiger partial charge in [0.2, 0.25) is 0 Å². The molecule has 17 heavy (non-hydrogen) atoms. The second-order valence-corrected chi connectivity index (χ2v) is 4.61. The van der Waals surface area contributed by atoms with Gasteiger partial charge < -0.3 is 10.0 Å². The number of pyridine rings is 1. The van der Waals surface area contributed by atoms with Gasteiger partial charge in [0, 0.05) is 26.2 Å². The fraction of sp³-hybridized carbons (Fsp3) is 0.583. The van der Waals surface area contributed by atoms with Crippen LogP contribution in [-0.2, 0) is 0 Å². The van der Waals surface area contributed by atoms with E-state index >= 15 is 0 Å². The van der Waals surface area contributed by atoms with Crippen molar-refractivity contribution < 1.29 is 5.11 Å². The van der Waals surface area contributed by atoms with E-state index in [1.807, 2.05) is 12.1 Å². The monoisotopic (exact) mass is 255 g/mol. The first-order valence-electron chi connectivity index (χ1n) is 6.00. The second kappa shape index (κ2) is 6.19. The van der Waals surface area contributed by atoms with E-state index in [2.05, 4.69) is 14.8 Å². The number of aliphatic hydroxyl groups excluding tert-OH is 1. The topological polar surface area (TPSA) is 39.6 Å². The average molecular weight is 256 g/mol. The molecule has 1 fully saturated rings. The highest BCUT2D eigenvalue weighted by molar-refractivity contribution is 6.29. The van der Waals surface area contributed by atoms with Crippen molar-refractivity contribution >= 4 is 17.4 Å². The predicted molar refractivity (Wildman–Crippen MR) is 69.6 cm³/mol. The summed E-state index contributed by atoms with van der Waals surface area (Å²) in [4.78, 5) is 8.87. The van der Waals surface area contributed by atoms with Gasteiger partial charge in [-0.15, -0.1) is 0 Å². The molecule has 0 unspecified atom stereocenters. The molecule has 1 aliphatic heterocycles. The van der Waals surface area contributed by atoms with Gasteiger partial charge >= 0.3 is 0 Å². The maximum atomic E-state index is 8.94. The average Bonchev–Trinajstić information content (AvgIpc) is 2.55. The molecule has 4 nitrogen and oxygen atoms in total. The van der Waals surface area contributed by atoms with Crippen LogP contribution in [0.5, 0.6) is 0 Å². The van der Waals surface area contributed by atoms with Crippen LogP contribution in [0.1, 0.15) is 6.42 Å². The minimum absolute atomic E-state index is 0.232. The molecule has 1 aromatic heterocycles. The minimum Gasteiger partial charge on any atom is -0.395 e. The van der Waals surface area contributed by atoms with Gasteiger partial charge in [-0.05, 0) is 25.1 Å². The quantitative estimate of drug-likeness (QED) is 0.825. The van der Waals surface area contributed by atoms with Gasteiger partial charge in [0.25, 0.3) is 0 Å². The Balaban J connectivity index is 1.99. The number of hydrogen-bond donors (Lipinski definition) is 1. The van der Waals surface area contributed by atoms with E-state index < -0.39 is 0 Å². The highest BCUT2D eigenvalue weighted by Gasteiger charge is 2.15. The molecule has 1 aliphatic rings. The Morgan fingerprint density at radius 1 is 1.24 bits per heavy atom. The molecule has 0 aliphatic carbocycles. The van der Waals surface area contributed by atoms with Gasteiger partial charge in [-0.3, -0.25) is 4.90 Å². The Kier molecular flexibility index (Phi) is 4.59. The molecule has 0 aromatic carbocycles. The third-order valence-corrected chi connectivity index (χ3v) is 3.24. The standard InChI is InChI=1S/C12H18ClN3O/c13-11-3-1-4-12(14-11)16-6-2-5-15(7-8-16)9-10-17/h1,3-4,17H,2,5-10H2. The summed E-state index contributed by atoms with van der Waals surface area (Å²) in [7, 11) is 0. The van der Waals surface area contributed by atoms with E-state index in [-0.39, 0.29) is 6.61 Å². The molecular formula is C12H18ClN3O. The molecule has 1 saturated heterocycles. The van der Waals surface area contributed by atoms with Gasteiger partial charge in [0.1, 0.15) is 11.0 Å². The lowest BCUT2D eigenvalue weighted by atomic mass is 10.3. The van der Waals surface area contributed by atoms with Crippen LogP contribution >= 0.6 is 11.6 Å². The van der Waals surface area contributed by atoms with Gasteiger partial charge in [-0.25, -0.2) is 4.98 Å². The Bertz CT molecular complexity index is 361. The molecular weight excluding hydrogens is 238 g/mol. The van der Waals surface area contributed by atoms with Crippen LogP contribution in [0.15, 0.2) is 18.2 Å². The SMILES string of the molecule is OCCN1CCCN(c2cccc(Cl)n2)CC1. The third kappa shape index (κ3) is 3.56. The van der Waals surface area contributed by atoms with E-state index in [4.69, 9.17) is 16.7 Å². The molecule has 0 amide bonds. The molecule has 0 spiro atoms. The van der Waals surface area contributed by atoms with E-state index in [1.54, 1.807) is 6.07 Å². The largest absolute Gasteiger partial charge is 0.395 e. The third-order valence-electron chi connectivity index (χ3n) is 3.03. The number of β-amino-alcohol motifs (C(OH)–C–C–N with tert-alkyl or cyclic N) is 1. The maximum Gasteiger partial charge on any atom is 0.131 e. The summed E-state index contributed by atoms with van der Waals surface area (Å²) >= 11 is 5.90. The molecule has 2 rings (SSSR count). The fourth-order valence-corrected chi connectivity index (χ4v) is 2.30. The first-order chi connectivity index (χ1) is 8.29. The summed E-state index contributed by atoms with van der Waals surface area (Å²) in [6, 6.07) is 5.72. The van der Waals surface area contributed by atoms with E-state index in [1.165, 1.54) is 0 Å². The Morgan fingerprint density at radius 2 is 2.12 bits per heavy atom.